The van der Waals surface area contributed by atoms with Crippen LogP contribution in [-0.2, 0) is 11.3 Å². The predicted molar refractivity (Wildman–Crippen MR) is 74.6 cm³/mol. The maximum atomic E-state index is 11.0. The molecule has 0 aliphatic carbocycles. The van der Waals surface area contributed by atoms with Crippen LogP contribution in [0.4, 0.5) is 5.69 Å². The SMILES string of the molecule is CC(=O)Nc1cccc(C(C)NCc2ncc[nH]2)c1. The van der Waals surface area contributed by atoms with E-state index in [0.29, 0.717) is 6.54 Å². The fraction of sp³-hybridized carbons (Fsp3) is 0.286. The third-order valence-corrected chi connectivity index (χ3v) is 2.84. The first kappa shape index (κ1) is 13.3. The van der Waals surface area contributed by atoms with Gasteiger partial charge < -0.3 is 15.6 Å². The highest BCUT2D eigenvalue weighted by atomic mass is 16.1. The molecule has 2 rings (SSSR count). The molecular formula is C14H18N4O. The van der Waals surface area contributed by atoms with E-state index in [1.54, 1.807) is 12.4 Å². The Hall–Kier alpha value is -2.14. The second-order valence-electron chi connectivity index (χ2n) is 4.45. The molecule has 5 heteroatoms. The van der Waals surface area contributed by atoms with E-state index >= 15 is 0 Å². The van der Waals surface area contributed by atoms with Gasteiger partial charge in [-0.3, -0.25) is 4.79 Å². The number of amides is 1. The highest BCUT2D eigenvalue weighted by molar-refractivity contribution is 5.88. The first-order valence-corrected chi connectivity index (χ1v) is 6.24. The third-order valence-electron chi connectivity index (χ3n) is 2.84. The number of nitrogens with one attached hydrogen (secondary N) is 3. The lowest BCUT2D eigenvalue weighted by Gasteiger charge is -2.14. The molecule has 0 spiro atoms. The first-order valence-electron chi connectivity index (χ1n) is 6.24. The van der Waals surface area contributed by atoms with Gasteiger partial charge in [0.15, 0.2) is 0 Å². The van der Waals surface area contributed by atoms with E-state index < -0.39 is 0 Å². The summed E-state index contributed by atoms with van der Waals surface area (Å²) in [6, 6.07) is 8.00. The van der Waals surface area contributed by atoms with E-state index in [9.17, 15) is 4.79 Å². The number of hydrogen-bond donors (Lipinski definition) is 3. The molecule has 0 bridgehead atoms. The summed E-state index contributed by atoms with van der Waals surface area (Å²) in [6.45, 7) is 4.26. The molecule has 100 valence electrons. The Labute approximate surface area is 112 Å². The Kier molecular flexibility index (Phi) is 4.30. The lowest BCUT2D eigenvalue weighted by Crippen LogP contribution is -2.19. The summed E-state index contributed by atoms with van der Waals surface area (Å²) in [5.41, 5.74) is 1.94. The van der Waals surface area contributed by atoms with Crippen LogP contribution in [0.5, 0.6) is 0 Å². The molecule has 0 aliphatic heterocycles. The number of anilines is 1. The number of nitrogens with zero attached hydrogens (tertiary/aromatic N) is 1. The van der Waals surface area contributed by atoms with Crippen LogP contribution in [0.1, 0.15) is 31.3 Å². The Bertz CT molecular complexity index is 536. The Morgan fingerprint density at radius 2 is 2.32 bits per heavy atom. The fourth-order valence-electron chi connectivity index (χ4n) is 1.85. The maximum Gasteiger partial charge on any atom is 0.221 e. The number of hydrogen-bond acceptors (Lipinski definition) is 3. The molecule has 3 N–H and O–H groups in total. The van der Waals surface area contributed by atoms with Gasteiger partial charge in [-0.2, -0.15) is 0 Å². The summed E-state index contributed by atoms with van der Waals surface area (Å²) >= 11 is 0. The quantitative estimate of drug-likeness (QED) is 0.770. The molecule has 19 heavy (non-hydrogen) atoms. The van der Waals surface area contributed by atoms with E-state index in [0.717, 1.165) is 17.1 Å². The zero-order chi connectivity index (χ0) is 13.7. The summed E-state index contributed by atoms with van der Waals surface area (Å²) in [5, 5.41) is 6.16. The lowest BCUT2D eigenvalue weighted by atomic mass is 10.1. The molecule has 1 amide bonds. The van der Waals surface area contributed by atoms with Gasteiger partial charge >= 0.3 is 0 Å². The summed E-state index contributed by atoms with van der Waals surface area (Å²) < 4.78 is 0. The molecule has 5 nitrogen and oxygen atoms in total. The number of benzene rings is 1. The van der Waals surface area contributed by atoms with Crippen LogP contribution in [0.15, 0.2) is 36.7 Å². The average molecular weight is 258 g/mol. The van der Waals surface area contributed by atoms with Gasteiger partial charge in [-0.15, -0.1) is 0 Å². The molecular weight excluding hydrogens is 240 g/mol. The molecule has 2 aromatic rings. The fourth-order valence-corrected chi connectivity index (χ4v) is 1.85. The molecule has 1 heterocycles. The highest BCUT2D eigenvalue weighted by Crippen LogP contribution is 2.17. The zero-order valence-corrected chi connectivity index (χ0v) is 11.1. The van der Waals surface area contributed by atoms with Gasteiger partial charge in [-0.05, 0) is 24.6 Å². The molecule has 0 saturated heterocycles. The standard InChI is InChI=1S/C14H18N4O/c1-10(17-9-14-15-6-7-16-14)12-4-3-5-13(8-12)18-11(2)19/h3-8,10,17H,9H2,1-2H3,(H,15,16)(H,18,19). The van der Waals surface area contributed by atoms with Crippen LogP contribution in [0.3, 0.4) is 0 Å². The zero-order valence-electron chi connectivity index (χ0n) is 11.1. The van der Waals surface area contributed by atoms with Crippen molar-refractivity contribution in [3.8, 4) is 0 Å². The monoisotopic (exact) mass is 258 g/mol. The van der Waals surface area contributed by atoms with E-state index in [1.807, 2.05) is 24.3 Å². The molecule has 1 aromatic carbocycles. The second-order valence-corrected chi connectivity index (χ2v) is 4.45. The number of aromatic amines is 1. The van der Waals surface area contributed by atoms with Gasteiger partial charge in [0.1, 0.15) is 5.82 Å². The summed E-state index contributed by atoms with van der Waals surface area (Å²) in [4.78, 5) is 18.3. The first-order chi connectivity index (χ1) is 9.15. The molecule has 0 radical (unpaired) electrons. The summed E-state index contributed by atoms with van der Waals surface area (Å²) in [6.07, 6.45) is 3.54. The van der Waals surface area contributed by atoms with Crippen molar-refractivity contribution < 1.29 is 4.79 Å². The van der Waals surface area contributed by atoms with Crippen LogP contribution in [0.2, 0.25) is 0 Å². The van der Waals surface area contributed by atoms with Crippen LogP contribution < -0.4 is 10.6 Å². The number of aromatic nitrogens is 2. The molecule has 0 saturated carbocycles. The smallest absolute Gasteiger partial charge is 0.221 e. The normalized spacial score (nSPS) is 12.1. The van der Waals surface area contributed by atoms with Gasteiger partial charge in [0.25, 0.3) is 0 Å². The predicted octanol–water partition coefficient (Wildman–Crippen LogP) is 2.22. The minimum atomic E-state index is -0.0617. The largest absolute Gasteiger partial charge is 0.348 e. The van der Waals surface area contributed by atoms with Gasteiger partial charge in [0.05, 0.1) is 6.54 Å². The minimum absolute atomic E-state index is 0.0617. The lowest BCUT2D eigenvalue weighted by molar-refractivity contribution is -0.114. The van der Waals surface area contributed by atoms with Gasteiger partial charge in [0.2, 0.25) is 5.91 Å². The number of rotatable bonds is 5. The summed E-state index contributed by atoms with van der Waals surface area (Å²) in [7, 11) is 0. The molecule has 1 atom stereocenters. The van der Waals surface area contributed by atoms with Gasteiger partial charge in [-0.1, -0.05) is 12.1 Å². The molecule has 0 fully saturated rings. The van der Waals surface area contributed by atoms with E-state index in [1.165, 1.54) is 6.92 Å². The van der Waals surface area contributed by atoms with Crippen molar-refractivity contribution in [3.63, 3.8) is 0 Å². The maximum absolute atomic E-state index is 11.0. The van der Waals surface area contributed by atoms with Crippen molar-refractivity contribution in [1.82, 2.24) is 15.3 Å². The molecule has 1 aromatic heterocycles. The topological polar surface area (TPSA) is 69.8 Å². The van der Waals surface area contributed by atoms with Crippen molar-refractivity contribution >= 4 is 11.6 Å². The van der Waals surface area contributed by atoms with Crippen LogP contribution >= 0.6 is 0 Å². The van der Waals surface area contributed by atoms with E-state index in [4.69, 9.17) is 0 Å². The van der Waals surface area contributed by atoms with Gasteiger partial charge in [0, 0.05) is 31.0 Å². The number of H-pyrrole nitrogens is 1. The average Bonchev–Trinajstić information content (AvgIpc) is 2.88. The third kappa shape index (κ3) is 3.93. The van der Waals surface area contributed by atoms with Crippen LogP contribution in [0, 0.1) is 0 Å². The Balaban J connectivity index is 1.98. The second kappa shape index (κ2) is 6.15. The van der Waals surface area contributed by atoms with Crippen LogP contribution in [0.25, 0.3) is 0 Å². The van der Waals surface area contributed by atoms with Crippen molar-refractivity contribution in [3.05, 3.63) is 48.0 Å². The van der Waals surface area contributed by atoms with Crippen molar-refractivity contribution in [2.24, 2.45) is 0 Å². The number of imidazole rings is 1. The van der Waals surface area contributed by atoms with E-state index in [2.05, 4.69) is 27.5 Å². The van der Waals surface area contributed by atoms with Gasteiger partial charge in [-0.25, -0.2) is 4.98 Å². The Morgan fingerprint density at radius 3 is 3.00 bits per heavy atom. The van der Waals surface area contributed by atoms with Crippen LogP contribution in [-0.4, -0.2) is 15.9 Å². The van der Waals surface area contributed by atoms with Crippen molar-refractivity contribution in [1.29, 1.82) is 0 Å². The van der Waals surface area contributed by atoms with Crippen molar-refractivity contribution in [2.45, 2.75) is 26.4 Å². The minimum Gasteiger partial charge on any atom is -0.348 e. The number of carbonyl (C=O) groups excluding carboxylic acids is 1. The summed E-state index contributed by atoms with van der Waals surface area (Å²) in [5.74, 6) is 0.846. The molecule has 0 aliphatic rings. The molecule has 1 unspecified atom stereocenters. The highest BCUT2D eigenvalue weighted by Gasteiger charge is 2.06. The Morgan fingerprint density at radius 1 is 1.47 bits per heavy atom. The number of carbonyl (C=O) groups is 1. The van der Waals surface area contributed by atoms with E-state index in [-0.39, 0.29) is 11.9 Å². The van der Waals surface area contributed by atoms with Crippen molar-refractivity contribution in [2.75, 3.05) is 5.32 Å².